The van der Waals surface area contributed by atoms with Gasteiger partial charge in [-0.25, -0.2) is 5.43 Å². The molecule has 4 atom stereocenters. The molecule has 156 valence electrons. The van der Waals surface area contributed by atoms with Crippen LogP contribution >= 0.6 is 11.6 Å². The molecule has 0 saturated carbocycles. The van der Waals surface area contributed by atoms with E-state index in [4.69, 9.17) is 26.8 Å². The summed E-state index contributed by atoms with van der Waals surface area (Å²) in [6, 6.07) is 17.9. The lowest BCUT2D eigenvalue weighted by Crippen LogP contribution is -2.41. The van der Waals surface area contributed by atoms with Gasteiger partial charge in [-0.2, -0.15) is 5.26 Å². The summed E-state index contributed by atoms with van der Waals surface area (Å²) in [4.78, 5) is 0. The van der Waals surface area contributed by atoms with Crippen LogP contribution in [-0.2, 0) is 11.3 Å². The van der Waals surface area contributed by atoms with Crippen LogP contribution in [-0.4, -0.2) is 12.3 Å². The molecule has 0 aliphatic carbocycles. The van der Waals surface area contributed by atoms with Crippen LogP contribution < -0.4 is 21.3 Å². The van der Waals surface area contributed by atoms with E-state index in [0.717, 1.165) is 29.7 Å². The number of nitriles is 1. The Morgan fingerprint density at radius 2 is 1.93 bits per heavy atom. The molecule has 1 saturated heterocycles. The Bertz CT molecular complexity index is 970. The summed E-state index contributed by atoms with van der Waals surface area (Å²) in [7, 11) is 0. The molecule has 2 aliphatic rings. The third-order valence-electron chi connectivity index (χ3n) is 5.72. The molecule has 0 spiro atoms. The highest BCUT2D eigenvalue weighted by molar-refractivity contribution is 6.30. The second-order valence-corrected chi connectivity index (χ2v) is 8.06. The molecule has 7 heteroatoms. The molecule has 2 aromatic carbocycles. The number of para-hydroxylation sites is 1. The van der Waals surface area contributed by atoms with Gasteiger partial charge in [-0.1, -0.05) is 55.3 Å². The number of benzene rings is 2. The van der Waals surface area contributed by atoms with Gasteiger partial charge in [0.1, 0.15) is 18.4 Å². The molecule has 1 fully saturated rings. The van der Waals surface area contributed by atoms with Crippen molar-refractivity contribution in [2.75, 3.05) is 0 Å². The molecule has 2 aromatic rings. The van der Waals surface area contributed by atoms with Crippen molar-refractivity contribution in [1.29, 1.82) is 5.26 Å². The van der Waals surface area contributed by atoms with E-state index >= 15 is 0 Å². The number of hydrazine groups is 1. The number of hydrogen-bond acceptors (Lipinski definition) is 6. The van der Waals surface area contributed by atoms with Crippen molar-refractivity contribution >= 4 is 11.6 Å². The van der Waals surface area contributed by atoms with Crippen LogP contribution in [0.4, 0.5) is 0 Å². The van der Waals surface area contributed by atoms with E-state index in [1.54, 1.807) is 0 Å². The van der Waals surface area contributed by atoms with Crippen molar-refractivity contribution in [1.82, 2.24) is 10.9 Å². The Morgan fingerprint density at radius 1 is 1.17 bits per heavy atom. The van der Waals surface area contributed by atoms with Crippen LogP contribution in [0.2, 0.25) is 5.02 Å². The van der Waals surface area contributed by atoms with Crippen LogP contribution in [0.15, 0.2) is 60.0 Å². The fourth-order valence-corrected chi connectivity index (χ4v) is 4.45. The van der Waals surface area contributed by atoms with E-state index in [-0.39, 0.29) is 30.0 Å². The Labute approximate surface area is 181 Å². The summed E-state index contributed by atoms with van der Waals surface area (Å²) >= 11 is 5.98. The number of hydrogen-bond donors (Lipinski definition) is 3. The highest BCUT2D eigenvalue weighted by Gasteiger charge is 2.48. The zero-order valence-corrected chi connectivity index (χ0v) is 17.5. The molecule has 2 heterocycles. The van der Waals surface area contributed by atoms with Gasteiger partial charge in [-0.15, -0.1) is 0 Å². The van der Waals surface area contributed by atoms with Crippen LogP contribution in [0.3, 0.4) is 0 Å². The minimum absolute atomic E-state index is 0.0205. The van der Waals surface area contributed by atoms with E-state index in [1.807, 2.05) is 48.5 Å². The summed E-state index contributed by atoms with van der Waals surface area (Å²) in [6.07, 6.45) is 1.68. The van der Waals surface area contributed by atoms with Gasteiger partial charge in [0, 0.05) is 28.5 Å². The summed E-state index contributed by atoms with van der Waals surface area (Å²) in [5, 5.41) is 10.6. The first kappa shape index (κ1) is 20.5. The maximum absolute atomic E-state index is 9.89. The topological polar surface area (TPSA) is 92.3 Å². The fourth-order valence-electron chi connectivity index (χ4n) is 4.33. The van der Waals surface area contributed by atoms with Crippen LogP contribution in [0.1, 0.15) is 36.8 Å². The monoisotopic (exact) mass is 424 g/mol. The zero-order valence-electron chi connectivity index (χ0n) is 16.8. The van der Waals surface area contributed by atoms with E-state index in [9.17, 15) is 5.26 Å². The maximum Gasteiger partial charge on any atom is 0.200 e. The van der Waals surface area contributed by atoms with Crippen molar-refractivity contribution in [3.05, 3.63) is 76.1 Å². The molecule has 0 bridgehead atoms. The Kier molecular flexibility index (Phi) is 6.14. The smallest absolute Gasteiger partial charge is 0.200 e. The third kappa shape index (κ3) is 3.97. The Morgan fingerprint density at radius 3 is 2.67 bits per heavy atom. The van der Waals surface area contributed by atoms with Gasteiger partial charge in [0.15, 0.2) is 6.23 Å². The number of fused-ring (bicyclic) bond motifs is 1. The van der Waals surface area contributed by atoms with Crippen molar-refractivity contribution in [2.24, 2.45) is 11.7 Å². The molecule has 4 rings (SSSR count). The van der Waals surface area contributed by atoms with Crippen LogP contribution in [0.5, 0.6) is 5.75 Å². The lowest BCUT2D eigenvalue weighted by atomic mass is 9.74. The zero-order chi connectivity index (χ0) is 21.1. The molecule has 0 amide bonds. The molecule has 6 nitrogen and oxygen atoms in total. The van der Waals surface area contributed by atoms with Gasteiger partial charge < -0.3 is 15.2 Å². The largest absolute Gasteiger partial charge is 0.489 e. The lowest BCUT2D eigenvalue weighted by molar-refractivity contribution is 0.0332. The SMILES string of the molecule is CCCC1NNC2OC(N)=C(C#N)C(c3ccccc3OCc3ccc(Cl)cc3)C12. The number of nitrogens with two attached hydrogens (primary N) is 1. The lowest BCUT2D eigenvalue weighted by Gasteiger charge is -2.36. The van der Waals surface area contributed by atoms with Crippen LogP contribution in [0, 0.1) is 17.2 Å². The quantitative estimate of drug-likeness (QED) is 0.650. The summed E-state index contributed by atoms with van der Waals surface area (Å²) in [5.41, 5.74) is 15.1. The first-order valence-corrected chi connectivity index (χ1v) is 10.5. The normalized spacial score (nSPS) is 25.4. The van der Waals surface area contributed by atoms with E-state index in [0.29, 0.717) is 17.2 Å². The van der Waals surface area contributed by atoms with Gasteiger partial charge in [0.2, 0.25) is 5.88 Å². The second-order valence-electron chi connectivity index (χ2n) is 7.62. The number of nitrogens with zero attached hydrogens (tertiary/aromatic N) is 1. The van der Waals surface area contributed by atoms with Crippen molar-refractivity contribution in [3.8, 4) is 11.8 Å². The predicted molar refractivity (Wildman–Crippen MR) is 115 cm³/mol. The van der Waals surface area contributed by atoms with Gasteiger partial charge in [-0.05, 0) is 30.2 Å². The number of allylic oxidation sites excluding steroid dienone is 1. The second kappa shape index (κ2) is 8.97. The molecule has 0 radical (unpaired) electrons. The Balaban J connectivity index is 1.69. The standard InChI is InChI=1S/C23H25ClN4O2/c1-2-5-18-21-20(17(12-25)22(26)30-23(21)28-27-18)16-6-3-4-7-19(16)29-13-14-8-10-15(24)11-9-14/h3-4,6-11,18,20-21,23,27-28H,2,5,13,26H2,1H3. The minimum Gasteiger partial charge on any atom is -0.489 e. The number of ether oxygens (including phenoxy) is 2. The third-order valence-corrected chi connectivity index (χ3v) is 5.97. The van der Waals surface area contributed by atoms with Crippen molar-refractivity contribution in [2.45, 2.75) is 44.6 Å². The maximum atomic E-state index is 9.89. The Hall–Kier alpha value is -2.72. The van der Waals surface area contributed by atoms with E-state index in [2.05, 4.69) is 23.8 Å². The molecular weight excluding hydrogens is 400 g/mol. The molecule has 4 N–H and O–H groups in total. The van der Waals surface area contributed by atoms with Gasteiger partial charge >= 0.3 is 0 Å². The first-order valence-electron chi connectivity index (χ1n) is 10.2. The van der Waals surface area contributed by atoms with Gasteiger partial charge in [0.05, 0.1) is 5.57 Å². The van der Waals surface area contributed by atoms with Gasteiger partial charge in [0.25, 0.3) is 0 Å². The van der Waals surface area contributed by atoms with Crippen molar-refractivity contribution in [3.63, 3.8) is 0 Å². The average Bonchev–Trinajstić information content (AvgIpc) is 3.15. The summed E-state index contributed by atoms with van der Waals surface area (Å²) < 4.78 is 12.0. The van der Waals surface area contributed by atoms with E-state index < -0.39 is 0 Å². The van der Waals surface area contributed by atoms with Gasteiger partial charge in [-0.3, -0.25) is 5.43 Å². The molecule has 30 heavy (non-hydrogen) atoms. The fraction of sp³-hybridized carbons (Fsp3) is 0.348. The molecule has 4 unspecified atom stereocenters. The number of halogens is 1. The highest BCUT2D eigenvalue weighted by atomic mass is 35.5. The predicted octanol–water partition coefficient (Wildman–Crippen LogP) is 3.95. The van der Waals surface area contributed by atoms with Crippen LogP contribution in [0.25, 0.3) is 0 Å². The minimum atomic E-state index is -0.298. The molecule has 0 aromatic heterocycles. The molecular formula is C23H25ClN4O2. The summed E-state index contributed by atoms with van der Waals surface area (Å²) in [5.74, 6) is 0.699. The highest BCUT2D eigenvalue weighted by Crippen LogP contribution is 2.46. The first-order chi connectivity index (χ1) is 14.6. The summed E-state index contributed by atoms with van der Waals surface area (Å²) in [6.45, 7) is 2.55. The van der Waals surface area contributed by atoms with E-state index in [1.165, 1.54) is 0 Å². The number of nitrogens with one attached hydrogen (secondary N) is 2. The van der Waals surface area contributed by atoms with Crippen molar-refractivity contribution < 1.29 is 9.47 Å². The average molecular weight is 425 g/mol. The number of rotatable bonds is 6. The molecule has 2 aliphatic heterocycles.